The Morgan fingerprint density at radius 3 is 2.12 bits per heavy atom. The molecule has 1 fully saturated rings. The molecule has 2 aromatic carbocycles. The number of ether oxygens (including phenoxy) is 2. The number of unbranched alkanes of at least 4 members (excludes halogenated alkanes) is 4. The van der Waals surface area contributed by atoms with Crippen molar-refractivity contribution in [1.29, 1.82) is 0 Å². The molecule has 1 heterocycles. The van der Waals surface area contributed by atoms with Crippen molar-refractivity contribution in [1.82, 2.24) is 9.80 Å². The SMILES string of the molecule is CCCCCCCC(CCC(Cl)C(C(=O)C(C)(C)C)N1C(=O)C(OCC)N(Cc2ccccc2)C1=O)OC(=O)CC(=O)Nc1ccccc1. The monoisotopic (exact) mass is 697 g/mol. The number of Topliss-reactive ketones (excluding diaryl/α,β-unsaturated/α-hetero) is 1. The van der Waals surface area contributed by atoms with E-state index in [0.717, 1.165) is 42.6 Å². The normalized spacial score (nSPS) is 16.7. The lowest BCUT2D eigenvalue weighted by Crippen LogP contribution is -2.54. The minimum atomic E-state index is -1.28. The largest absolute Gasteiger partial charge is 0.462 e. The molecule has 2 aromatic rings. The van der Waals surface area contributed by atoms with Gasteiger partial charge in [-0.25, -0.2) is 9.69 Å². The van der Waals surface area contributed by atoms with Gasteiger partial charge in [0.2, 0.25) is 12.1 Å². The molecule has 1 aliphatic heterocycles. The lowest BCUT2D eigenvalue weighted by molar-refractivity contribution is -0.151. The summed E-state index contributed by atoms with van der Waals surface area (Å²) in [5, 5.41) is 1.72. The van der Waals surface area contributed by atoms with Crippen LogP contribution in [0.5, 0.6) is 0 Å². The minimum Gasteiger partial charge on any atom is -0.462 e. The van der Waals surface area contributed by atoms with Crippen molar-refractivity contribution < 1.29 is 33.4 Å². The van der Waals surface area contributed by atoms with Gasteiger partial charge in [0.05, 0.1) is 11.9 Å². The third-order valence-electron chi connectivity index (χ3n) is 8.39. The highest BCUT2D eigenvalue weighted by molar-refractivity contribution is 6.24. The van der Waals surface area contributed by atoms with Crippen molar-refractivity contribution in [3.63, 3.8) is 0 Å². The van der Waals surface area contributed by atoms with Crippen LogP contribution in [-0.4, -0.2) is 69.8 Å². The molecule has 0 bridgehead atoms. The molecule has 11 heteroatoms. The number of benzene rings is 2. The van der Waals surface area contributed by atoms with E-state index in [2.05, 4.69) is 12.2 Å². The second-order valence-corrected chi connectivity index (χ2v) is 14.0. The first kappa shape index (κ1) is 39.7. The molecule has 0 radical (unpaired) electrons. The average molecular weight is 698 g/mol. The van der Waals surface area contributed by atoms with Crippen molar-refractivity contribution in [2.24, 2.45) is 5.41 Å². The third kappa shape index (κ3) is 12.0. The Morgan fingerprint density at radius 1 is 0.878 bits per heavy atom. The number of anilines is 1. The van der Waals surface area contributed by atoms with Gasteiger partial charge in [-0.15, -0.1) is 11.6 Å². The number of para-hydroxylation sites is 1. The molecule has 0 spiro atoms. The predicted molar refractivity (Wildman–Crippen MR) is 190 cm³/mol. The van der Waals surface area contributed by atoms with E-state index in [0.29, 0.717) is 12.1 Å². The highest BCUT2D eigenvalue weighted by Crippen LogP contribution is 2.33. The van der Waals surface area contributed by atoms with Crippen molar-refractivity contribution in [2.45, 2.75) is 123 Å². The Labute approximate surface area is 295 Å². The van der Waals surface area contributed by atoms with E-state index in [9.17, 15) is 24.0 Å². The maximum atomic E-state index is 14.0. The number of rotatable bonds is 20. The van der Waals surface area contributed by atoms with Gasteiger partial charge in [-0.05, 0) is 50.3 Å². The quantitative estimate of drug-likeness (QED) is 0.0500. The number of carbonyl (C=O) groups is 5. The number of hydrogen-bond acceptors (Lipinski definition) is 7. The molecule has 49 heavy (non-hydrogen) atoms. The fourth-order valence-electron chi connectivity index (χ4n) is 5.80. The number of hydrogen-bond donors (Lipinski definition) is 1. The summed E-state index contributed by atoms with van der Waals surface area (Å²) in [6, 6.07) is 16.2. The minimum absolute atomic E-state index is 0.115. The van der Waals surface area contributed by atoms with Gasteiger partial charge >= 0.3 is 12.0 Å². The van der Waals surface area contributed by atoms with Crippen LogP contribution in [0.3, 0.4) is 0 Å². The van der Waals surface area contributed by atoms with E-state index >= 15 is 0 Å². The predicted octanol–water partition coefficient (Wildman–Crippen LogP) is 7.49. The summed E-state index contributed by atoms with van der Waals surface area (Å²) in [5.74, 6) is -2.16. The molecule has 0 saturated carbocycles. The van der Waals surface area contributed by atoms with E-state index in [4.69, 9.17) is 21.1 Å². The number of amides is 4. The summed E-state index contributed by atoms with van der Waals surface area (Å²) in [6.45, 7) is 9.33. The van der Waals surface area contributed by atoms with Gasteiger partial charge in [-0.1, -0.05) is 102 Å². The van der Waals surface area contributed by atoms with Crippen LogP contribution >= 0.6 is 11.6 Å². The Bertz CT molecular complexity index is 1380. The van der Waals surface area contributed by atoms with E-state index in [1.165, 1.54) is 4.90 Å². The van der Waals surface area contributed by atoms with Gasteiger partial charge in [0.15, 0.2) is 5.78 Å². The van der Waals surface area contributed by atoms with Crippen LogP contribution in [0.4, 0.5) is 10.5 Å². The molecule has 4 amide bonds. The Balaban J connectivity index is 1.78. The van der Waals surface area contributed by atoms with Gasteiger partial charge in [0, 0.05) is 17.7 Å². The Morgan fingerprint density at radius 2 is 1.51 bits per heavy atom. The highest BCUT2D eigenvalue weighted by atomic mass is 35.5. The molecule has 4 unspecified atom stereocenters. The van der Waals surface area contributed by atoms with Crippen LogP contribution in [0.15, 0.2) is 60.7 Å². The van der Waals surface area contributed by atoms with Gasteiger partial charge < -0.3 is 14.8 Å². The molecule has 0 aliphatic carbocycles. The van der Waals surface area contributed by atoms with Gasteiger partial charge in [-0.2, -0.15) is 0 Å². The van der Waals surface area contributed by atoms with Gasteiger partial charge in [-0.3, -0.25) is 24.1 Å². The van der Waals surface area contributed by atoms with Crippen LogP contribution in [0.2, 0.25) is 0 Å². The number of halogens is 1. The van der Waals surface area contributed by atoms with Crippen LogP contribution in [0.1, 0.15) is 98.0 Å². The smallest absolute Gasteiger partial charge is 0.330 e. The second-order valence-electron chi connectivity index (χ2n) is 13.5. The van der Waals surface area contributed by atoms with Crippen LogP contribution in [-0.2, 0) is 35.2 Å². The Hall–Kier alpha value is -3.76. The lowest BCUT2D eigenvalue weighted by Gasteiger charge is -2.33. The van der Waals surface area contributed by atoms with Gasteiger partial charge in [0.25, 0.3) is 5.91 Å². The first-order valence-corrected chi connectivity index (χ1v) is 17.8. The molecule has 3 rings (SSSR count). The Kier molecular flexibility index (Phi) is 15.7. The molecule has 1 aliphatic rings. The zero-order chi connectivity index (χ0) is 36.0. The standard InChI is InChI=1S/C38H52ClN3O7/c1-6-8-9-10-17-22-29(49-32(44)25-31(43)40-28-20-15-12-16-21-28)23-24-30(39)33(34(45)38(3,4)5)42-35(46)36(48-7-2)41(37(42)47)26-27-18-13-11-14-19-27/h11-16,18-21,29-30,33,36H,6-10,17,22-26H2,1-5H3,(H,40,43). The first-order chi connectivity index (χ1) is 23.4. The zero-order valence-corrected chi connectivity index (χ0v) is 30.2. The number of ketones is 1. The van der Waals surface area contributed by atoms with Crippen molar-refractivity contribution in [3.8, 4) is 0 Å². The summed E-state index contributed by atoms with van der Waals surface area (Å²) < 4.78 is 11.6. The van der Waals surface area contributed by atoms with E-state index in [-0.39, 0.29) is 31.8 Å². The number of alkyl halides is 1. The van der Waals surface area contributed by atoms with Crippen LogP contribution in [0.25, 0.3) is 0 Å². The number of esters is 1. The van der Waals surface area contributed by atoms with Crippen LogP contribution in [0, 0.1) is 5.41 Å². The van der Waals surface area contributed by atoms with E-state index in [1.54, 1.807) is 52.0 Å². The zero-order valence-electron chi connectivity index (χ0n) is 29.5. The van der Waals surface area contributed by atoms with E-state index in [1.807, 2.05) is 36.4 Å². The number of imide groups is 1. The summed E-state index contributed by atoms with van der Waals surface area (Å²) in [6.07, 6.45) is 3.79. The summed E-state index contributed by atoms with van der Waals surface area (Å²) in [4.78, 5) is 69.5. The molecular formula is C38H52ClN3O7. The number of nitrogens with one attached hydrogen (secondary N) is 1. The van der Waals surface area contributed by atoms with E-state index < -0.39 is 59.4 Å². The molecule has 1 N–H and O–H groups in total. The summed E-state index contributed by atoms with van der Waals surface area (Å²) in [7, 11) is 0. The number of urea groups is 1. The lowest BCUT2D eigenvalue weighted by atomic mass is 9.83. The maximum absolute atomic E-state index is 14.0. The molecule has 1 saturated heterocycles. The number of carbonyl (C=O) groups excluding carboxylic acids is 5. The summed E-state index contributed by atoms with van der Waals surface area (Å²) >= 11 is 7.02. The van der Waals surface area contributed by atoms with Gasteiger partial charge in [0.1, 0.15) is 18.6 Å². The fraction of sp³-hybridized carbons (Fsp3) is 0.553. The third-order valence-corrected chi connectivity index (χ3v) is 8.84. The van der Waals surface area contributed by atoms with Crippen molar-refractivity contribution in [2.75, 3.05) is 11.9 Å². The molecule has 268 valence electrons. The number of nitrogens with zero attached hydrogens (tertiary/aromatic N) is 2. The topological polar surface area (TPSA) is 122 Å². The highest BCUT2D eigenvalue weighted by Gasteiger charge is 2.53. The molecule has 10 nitrogen and oxygen atoms in total. The van der Waals surface area contributed by atoms with Crippen molar-refractivity contribution in [3.05, 3.63) is 66.2 Å². The molecular weight excluding hydrogens is 646 g/mol. The summed E-state index contributed by atoms with van der Waals surface area (Å²) in [5.41, 5.74) is 0.452. The van der Waals surface area contributed by atoms with Crippen LogP contribution < -0.4 is 5.32 Å². The maximum Gasteiger partial charge on any atom is 0.330 e. The molecule has 4 atom stereocenters. The average Bonchev–Trinajstić information content (AvgIpc) is 3.28. The second kappa shape index (κ2) is 19.4. The first-order valence-electron chi connectivity index (χ1n) is 17.4. The molecule has 0 aromatic heterocycles. The fourth-order valence-corrected chi connectivity index (χ4v) is 6.16. The van der Waals surface area contributed by atoms with Crippen molar-refractivity contribution >= 4 is 46.9 Å².